The van der Waals surface area contributed by atoms with Gasteiger partial charge in [0, 0.05) is 25.7 Å². The Morgan fingerprint density at radius 2 is 1.08 bits per heavy atom. The Labute approximate surface area is 91.2 Å². The van der Waals surface area contributed by atoms with Gasteiger partial charge in [0.2, 0.25) is 0 Å². The van der Waals surface area contributed by atoms with Gasteiger partial charge in [0.25, 0.3) is 0 Å². The van der Waals surface area contributed by atoms with E-state index in [4.69, 9.17) is 0 Å². The van der Waals surface area contributed by atoms with E-state index >= 15 is 0 Å². The van der Waals surface area contributed by atoms with Crippen molar-refractivity contribution in [1.29, 1.82) is 0 Å². The second-order valence-electron chi connectivity index (χ2n) is 3.08. The van der Waals surface area contributed by atoms with Crippen LogP contribution in [0, 0.1) is 0 Å². The summed E-state index contributed by atoms with van der Waals surface area (Å²) < 4.78 is 0. The van der Waals surface area contributed by atoms with Gasteiger partial charge in [-0.2, -0.15) is 0 Å². The van der Waals surface area contributed by atoms with Gasteiger partial charge >= 0.3 is 0 Å². The maximum atomic E-state index is 11.0. The van der Waals surface area contributed by atoms with Gasteiger partial charge in [0.15, 0.2) is 17.4 Å². The lowest BCUT2D eigenvalue weighted by Crippen LogP contribution is -2.03. The lowest BCUT2D eigenvalue weighted by molar-refractivity contribution is -0.124. The second-order valence-corrected chi connectivity index (χ2v) is 3.08. The van der Waals surface area contributed by atoms with E-state index in [1.54, 1.807) is 0 Å². The van der Waals surface area contributed by atoms with Crippen LogP contribution in [0.2, 0.25) is 0 Å². The van der Waals surface area contributed by atoms with Gasteiger partial charge in [0.1, 0.15) is 11.6 Å². The van der Waals surface area contributed by atoms with Crippen LogP contribution in [-0.4, -0.2) is 28.9 Å². The lowest BCUT2D eigenvalue weighted by Gasteiger charge is -1.97. The lowest BCUT2D eigenvalue weighted by atomic mass is 10.1. The molecule has 0 aliphatic heterocycles. The molecular weight excluding hydrogens is 179 g/mol. The van der Waals surface area contributed by atoms with Crippen LogP contribution in [0.25, 0.3) is 0 Å². The minimum atomic E-state index is 0. The van der Waals surface area contributed by atoms with Crippen LogP contribution in [0.3, 0.4) is 0 Å². The topological polar surface area (TPSA) is 34.1 Å². The third-order valence-corrected chi connectivity index (χ3v) is 1.74. The molecule has 0 bridgehead atoms. The molecule has 0 spiro atoms. The molecule has 76 valence electrons. The molecule has 0 saturated heterocycles. The fourth-order valence-electron chi connectivity index (χ4n) is 1.09. The SMILES string of the molecule is CCCC(=O)CCC(=O)CCC.[AlH3]. The van der Waals surface area contributed by atoms with Crippen LogP contribution in [0.1, 0.15) is 52.4 Å². The van der Waals surface area contributed by atoms with Crippen LogP contribution in [-0.2, 0) is 9.59 Å². The summed E-state index contributed by atoms with van der Waals surface area (Å²) in [7, 11) is 0. The summed E-state index contributed by atoms with van der Waals surface area (Å²) in [6, 6.07) is 0. The fourth-order valence-corrected chi connectivity index (χ4v) is 1.09. The van der Waals surface area contributed by atoms with E-state index < -0.39 is 0 Å². The molecular formula is C10H21AlO2. The average Bonchev–Trinajstić information content (AvgIpc) is 2.02. The number of hydrogen-bond acceptors (Lipinski definition) is 2. The van der Waals surface area contributed by atoms with Crippen molar-refractivity contribution >= 4 is 28.9 Å². The molecule has 0 aliphatic carbocycles. The predicted octanol–water partition coefficient (Wildman–Crippen LogP) is 1.32. The van der Waals surface area contributed by atoms with Crippen LogP contribution < -0.4 is 0 Å². The highest BCUT2D eigenvalue weighted by molar-refractivity contribution is 5.85. The first-order valence-electron chi connectivity index (χ1n) is 4.74. The minimum absolute atomic E-state index is 0. The summed E-state index contributed by atoms with van der Waals surface area (Å²) in [6.45, 7) is 3.96. The van der Waals surface area contributed by atoms with Crippen molar-refractivity contribution in [2.45, 2.75) is 52.4 Å². The number of ketones is 2. The van der Waals surface area contributed by atoms with Crippen LogP contribution >= 0.6 is 0 Å². The summed E-state index contributed by atoms with van der Waals surface area (Å²) in [5.41, 5.74) is 0. The highest BCUT2D eigenvalue weighted by Crippen LogP contribution is 2.02. The second kappa shape index (κ2) is 9.96. The van der Waals surface area contributed by atoms with Gasteiger partial charge in [-0.1, -0.05) is 13.8 Å². The molecule has 0 aliphatic rings. The maximum absolute atomic E-state index is 11.0. The first-order chi connectivity index (χ1) is 5.70. The largest absolute Gasteiger partial charge is 0.300 e. The summed E-state index contributed by atoms with van der Waals surface area (Å²) in [5, 5.41) is 0. The molecule has 0 radical (unpaired) electrons. The van der Waals surface area contributed by atoms with E-state index in [-0.39, 0.29) is 28.9 Å². The number of carbonyl (C=O) groups is 2. The molecule has 13 heavy (non-hydrogen) atoms. The Balaban J connectivity index is 0. The smallest absolute Gasteiger partial charge is 0.187 e. The fraction of sp³-hybridized carbons (Fsp3) is 0.800. The standard InChI is InChI=1S/C10H18O2.Al.3H/c1-3-5-9(11)7-8-10(12)6-4-2;;;;/h3-8H2,1-2H3;;;;. The molecule has 0 saturated carbocycles. The first-order valence-corrected chi connectivity index (χ1v) is 4.74. The average molecular weight is 200 g/mol. The number of hydrogen-bond donors (Lipinski definition) is 0. The Morgan fingerprint density at radius 1 is 0.769 bits per heavy atom. The third-order valence-electron chi connectivity index (χ3n) is 1.74. The maximum Gasteiger partial charge on any atom is 0.187 e. The van der Waals surface area contributed by atoms with Crippen molar-refractivity contribution < 1.29 is 9.59 Å². The van der Waals surface area contributed by atoms with E-state index in [2.05, 4.69) is 0 Å². The highest BCUT2D eigenvalue weighted by atomic mass is 27.0. The molecule has 0 rings (SSSR count). The Kier molecular flexibility index (Phi) is 11.8. The van der Waals surface area contributed by atoms with E-state index in [1.807, 2.05) is 13.8 Å². The number of rotatable bonds is 7. The van der Waals surface area contributed by atoms with Gasteiger partial charge in [-0.3, -0.25) is 9.59 Å². The molecule has 0 atom stereocenters. The molecule has 0 N–H and O–H groups in total. The predicted molar refractivity (Wildman–Crippen MR) is 59.0 cm³/mol. The molecule has 0 aromatic heterocycles. The molecule has 0 fully saturated rings. The summed E-state index contributed by atoms with van der Waals surface area (Å²) in [6.07, 6.45) is 3.93. The quantitative estimate of drug-likeness (QED) is 0.581. The summed E-state index contributed by atoms with van der Waals surface area (Å²) >= 11 is 0. The summed E-state index contributed by atoms with van der Waals surface area (Å²) in [4.78, 5) is 22.0. The molecule has 0 amide bonds. The van der Waals surface area contributed by atoms with Gasteiger partial charge in [-0.05, 0) is 12.8 Å². The molecule has 3 heteroatoms. The molecule has 2 nitrogen and oxygen atoms in total. The zero-order valence-electron chi connectivity index (χ0n) is 8.06. The van der Waals surface area contributed by atoms with Crippen molar-refractivity contribution in [1.82, 2.24) is 0 Å². The Morgan fingerprint density at radius 3 is 1.31 bits per heavy atom. The third kappa shape index (κ3) is 9.79. The van der Waals surface area contributed by atoms with Crippen LogP contribution in [0.15, 0.2) is 0 Å². The van der Waals surface area contributed by atoms with Crippen LogP contribution in [0.5, 0.6) is 0 Å². The van der Waals surface area contributed by atoms with E-state index in [0.717, 1.165) is 12.8 Å². The van der Waals surface area contributed by atoms with Crippen molar-refractivity contribution in [2.75, 3.05) is 0 Å². The Hall–Kier alpha value is -0.128. The molecule has 0 aromatic rings. The van der Waals surface area contributed by atoms with Gasteiger partial charge in [0.05, 0.1) is 0 Å². The van der Waals surface area contributed by atoms with Crippen molar-refractivity contribution in [3.8, 4) is 0 Å². The zero-order valence-corrected chi connectivity index (χ0v) is 8.06. The Bertz CT molecular complexity index is 137. The van der Waals surface area contributed by atoms with Crippen molar-refractivity contribution in [2.24, 2.45) is 0 Å². The van der Waals surface area contributed by atoms with Gasteiger partial charge < -0.3 is 0 Å². The van der Waals surface area contributed by atoms with Gasteiger partial charge in [-0.15, -0.1) is 0 Å². The van der Waals surface area contributed by atoms with Crippen molar-refractivity contribution in [3.63, 3.8) is 0 Å². The normalized spacial score (nSPS) is 9.08. The van der Waals surface area contributed by atoms with E-state index in [1.165, 1.54) is 0 Å². The zero-order chi connectivity index (χ0) is 9.40. The van der Waals surface area contributed by atoms with E-state index in [0.29, 0.717) is 25.7 Å². The molecule has 0 aromatic carbocycles. The molecule has 0 unspecified atom stereocenters. The summed E-state index contributed by atoms with van der Waals surface area (Å²) in [5.74, 6) is 0.448. The number of Topliss-reactive ketones (excluding diaryl/α,β-unsaturated/α-hetero) is 2. The monoisotopic (exact) mass is 200 g/mol. The highest BCUT2D eigenvalue weighted by Gasteiger charge is 2.04. The first kappa shape index (κ1) is 15.3. The molecule has 0 heterocycles. The van der Waals surface area contributed by atoms with E-state index in [9.17, 15) is 9.59 Å². The number of carbonyl (C=O) groups excluding carboxylic acids is 2. The van der Waals surface area contributed by atoms with Gasteiger partial charge in [-0.25, -0.2) is 0 Å². The minimum Gasteiger partial charge on any atom is -0.300 e. The van der Waals surface area contributed by atoms with Crippen molar-refractivity contribution in [3.05, 3.63) is 0 Å². The van der Waals surface area contributed by atoms with Crippen LogP contribution in [0.4, 0.5) is 0 Å².